The van der Waals surface area contributed by atoms with E-state index in [1.54, 1.807) is 0 Å². The molecule has 46 heavy (non-hydrogen) atoms. The fourth-order valence-corrected chi connectivity index (χ4v) is 7.23. The predicted octanol–water partition coefficient (Wildman–Crippen LogP) is 10.8. The van der Waals surface area contributed by atoms with E-state index >= 15 is 0 Å². The molecular formula is C43H32N2O. The molecule has 8 rings (SSSR count). The fourth-order valence-electron chi connectivity index (χ4n) is 7.23. The molecule has 0 spiro atoms. The number of rotatable bonds is 7. The van der Waals surface area contributed by atoms with Crippen molar-refractivity contribution in [3.8, 4) is 33.8 Å². The van der Waals surface area contributed by atoms with Crippen molar-refractivity contribution in [3.05, 3.63) is 193 Å². The van der Waals surface area contributed by atoms with Crippen LogP contribution in [0.25, 0.3) is 44.9 Å². The molecule has 0 fully saturated rings. The number of aromatic nitrogens is 2. The van der Waals surface area contributed by atoms with E-state index in [0.29, 0.717) is 5.89 Å². The monoisotopic (exact) mass is 592 g/mol. The van der Waals surface area contributed by atoms with Gasteiger partial charge in [0.1, 0.15) is 5.52 Å². The zero-order valence-electron chi connectivity index (χ0n) is 25.4. The van der Waals surface area contributed by atoms with Crippen LogP contribution in [0.3, 0.4) is 0 Å². The molecule has 0 saturated carbocycles. The first-order valence-corrected chi connectivity index (χ1v) is 15.7. The normalized spacial score (nSPS) is 16.5. The first-order valence-electron chi connectivity index (χ1n) is 15.7. The minimum atomic E-state index is -0.493. The van der Waals surface area contributed by atoms with Crippen molar-refractivity contribution < 1.29 is 4.42 Å². The van der Waals surface area contributed by atoms with Gasteiger partial charge in [-0.2, -0.15) is 0 Å². The first kappa shape index (κ1) is 27.7. The molecule has 0 N–H and O–H groups in total. The Labute approximate surface area is 269 Å². The Kier molecular flexibility index (Phi) is 6.80. The predicted molar refractivity (Wildman–Crippen MR) is 188 cm³/mol. The van der Waals surface area contributed by atoms with Crippen molar-refractivity contribution in [2.75, 3.05) is 0 Å². The number of hydrogen-bond donors (Lipinski definition) is 0. The summed E-state index contributed by atoms with van der Waals surface area (Å²) < 4.78 is 6.22. The van der Waals surface area contributed by atoms with Crippen LogP contribution >= 0.6 is 0 Å². The summed E-state index contributed by atoms with van der Waals surface area (Å²) in [6, 6.07) is 39.9. The molecule has 0 aliphatic heterocycles. The quantitative estimate of drug-likeness (QED) is 0.173. The second kappa shape index (κ2) is 11.3. The van der Waals surface area contributed by atoms with Crippen molar-refractivity contribution in [2.45, 2.75) is 17.8 Å². The Balaban J connectivity index is 1.25. The topological polar surface area (TPSA) is 38.9 Å². The molecule has 3 nitrogen and oxygen atoms in total. The van der Waals surface area contributed by atoms with Crippen LogP contribution in [0.5, 0.6) is 0 Å². The molecule has 2 aliphatic carbocycles. The van der Waals surface area contributed by atoms with Gasteiger partial charge in [-0.05, 0) is 64.1 Å². The summed E-state index contributed by atoms with van der Waals surface area (Å²) in [4.78, 5) is 10.0. The molecule has 1 atom stereocenters. The molecule has 0 amide bonds. The fraction of sp³-hybridized carbons (Fsp3) is 0.0698. The van der Waals surface area contributed by atoms with E-state index in [-0.39, 0.29) is 5.92 Å². The summed E-state index contributed by atoms with van der Waals surface area (Å²) in [5.74, 6) is 0.677. The smallest absolute Gasteiger partial charge is 0.227 e. The van der Waals surface area contributed by atoms with Gasteiger partial charge in [-0.15, -0.1) is 0 Å². The van der Waals surface area contributed by atoms with E-state index in [2.05, 4.69) is 110 Å². The van der Waals surface area contributed by atoms with Gasteiger partial charge in [0.25, 0.3) is 0 Å². The number of nitrogens with zero attached hydrogens (tertiary/aromatic N) is 2. The van der Waals surface area contributed by atoms with E-state index < -0.39 is 5.41 Å². The summed E-state index contributed by atoms with van der Waals surface area (Å²) >= 11 is 0. The molecule has 2 aromatic heterocycles. The summed E-state index contributed by atoms with van der Waals surface area (Å²) in [6.45, 7) is 8.33. The van der Waals surface area contributed by atoms with E-state index in [0.717, 1.165) is 45.6 Å². The van der Waals surface area contributed by atoms with Crippen molar-refractivity contribution in [1.82, 2.24) is 9.97 Å². The Hall–Kier alpha value is -5.80. The largest absolute Gasteiger partial charge is 0.436 e. The third-order valence-electron chi connectivity index (χ3n) is 9.27. The van der Waals surface area contributed by atoms with Gasteiger partial charge in [-0.1, -0.05) is 141 Å². The standard InChI is InChI=1S/C43H32N2O/c1-3-14-32(4-2)43(36-19-10-8-17-34(36)35-18-9-11-20-37(35)43)33-25-23-30(24-26-33)40-28-31(27-39(44-40)29-15-6-5-7-16-29)42-45-38-21-12-13-22-41(38)46-42/h3-23,25-28,30H,1-2,24H2/b32-14+. The Morgan fingerprint density at radius 1 is 0.761 bits per heavy atom. The van der Waals surface area contributed by atoms with E-state index in [9.17, 15) is 0 Å². The van der Waals surface area contributed by atoms with Crippen LogP contribution in [0.15, 0.2) is 180 Å². The van der Waals surface area contributed by atoms with Gasteiger partial charge < -0.3 is 4.42 Å². The highest BCUT2D eigenvalue weighted by atomic mass is 16.3. The second-order valence-corrected chi connectivity index (χ2v) is 11.8. The van der Waals surface area contributed by atoms with Gasteiger partial charge >= 0.3 is 0 Å². The number of oxazole rings is 1. The summed E-state index contributed by atoms with van der Waals surface area (Å²) in [5, 5.41) is 0. The Bertz CT molecular complexity index is 2150. The lowest BCUT2D eigenvalue weighted by atomic mass is 9.65. The highest BCUT2D eigenvalue weighted by Crippen LogP contribution is 2.57. The van der Waals surface area contributed by atoms with Crippen LogP contribution in [0.2, 0.25) is 0 Å². The SMILES string of the molecule is C=C/C=C(\C=C)C1(C2=CCC(c3cc(-c4nc5ccccc5o4)cc(-c4ccccc4)n3)C=C2)c2ccccc2-c2ccccc21. The minimum absolute atomic E-state index is 0.0787. The summed E-state index contributed by atoms with van der Waals surface area (Å²) in [6.07, 6.45) is 13.7. The van der Waals surface area contributed by atoms with Crippen molar-refractivity contribution >= 4 is 11.1 Å². The second-order valence-electron chi connectivity index (χ2n) is 11.8. The molecule has 2 aliphatic rings. The van der Waals surface area contributed by atoms with E-state index in [1.165, 1.54) is 27.8 Å². The number of allylic oxidation sites excluding steroid dienone is 8. The zero-order chi connectivity index (χ0) is 31.1. The third kappa shape index (κ3) is 4.35. The van der Waals surface area contributed by atoms with Crippen LogP contribution in [-0.2, 0) is 5.41 Å². The van der Waals surface area contributed by atoms with Crippen molar-refractivity contribution in [1.29, 1.82) is 0 Å². The average Bonchev–Trinajstić information content (AvgIpc) is 3.69. The summed E-state index contributed by atoms with van der Waals surface area (Å²) in [7, 11) is 0. The number of benzene rings is 4. The Morgan fingerprint density at radius 2 is 1.46 bits per heavy atom. The Morgan fingerprint density at radius 3 is 2.13 bits per heavy atom. The molecular weight excluding hydrogens is 560 g/mol. The summed E-state index contributed by atoms with van der Waals surface area (Å²) in [5.41, 5.74) is 12.4. The van der Waals surface area contributed by atoms with E-state index in [1.807, 2.05) is 54.6 Å². The van der Waals surface area contributed by atoms with Gasteiger partial charge in [0.15, 0.2) is 5.58 Å². The van der Waals surface area contributed by atoms with Gasteiger partial charge in [0.2, 0.25) is 5.89 Å². The maximum atomic E-state index is 6.22. The third-order valence-corrected chi connectivity index (χ3v) is 9.27. The number of pyridine rings is 1. The number of para-hydroxylation sites is 2. The lowest BCUT2D eigenvalue weighted by Gasteiger charge is -2.37. The molecule has 1 unspecified atom stereocenters. The first-order chi connectivity index (χ1) is 22.7. The van der Waals surface area contributed by atoms with Gasteiger partial charge in [0.05, 0.1) is 11.1 Å². The van der Waals surface area contributed by atoms with Crippen LogP contribution in [0.1, 0.15) is 29.2 Å². The highest BCUT2D eigenvalue weighted by molar-refractivity contribution is 5.87. The zero-order valence-corrected chi connectivity index (χ0v) is 25.4. The molecule has 0 bridgehead atoms. The van der Waals surface area contributed by atoms with E-state index in [4.69, 9.17) is 14.4 Å². The maximum absolute atomic E-state index is 6.22. The van der Waals surface area contributed by atoms with Gasteiger partial charge in [-0.25, -0.2) is 4.98 Å². The lowest BCUT2D eigenvalue weighted by molar-refractivity contribution is 0.619. The van der Waals surface area contributed by atoms with Crippen LogP contribution in [0, 0.1) is 0 Å². The number of fused-ring (bicyclic) bond motifs is 4. The van der Waals surface area contributed by atoms with Crippen LogP contribution in [0.4, 0.5) is 0 Å². The van der Waals surface area contributed by atoms with Gasteiger partial charge in [0, 0.05) is 22.7 Å². The average molecular weight is 593 g/mol. The molecule has 4 aromatic carbocycles. The van der Waals surface area contributed by atoms with Crippen LogP contribution in [-0.4, -0.2) is 9.97 Å². The van der Waals surface area contributed by atoms with Crippen molar-refractivity contribution in [2.24, 2.45) is 0 Å². The van der Waals surface area contributed by atoms with Gasteiger partial charge in [-0.3, -0.25) is 4.98 Å². The molecule has 220 valence electrons. The molecule has 0 saturated heterocycles. The minimum Gasteiger partial charge on any atom is -0.436 e. The maximum Gasteiger partial charge on any atom is 0.227 e. The molecule has 0 radical (unpaired) electrons. The molecule has 3 heteroatoms. The number of hydrogen-bond acceptors (Lipinski definition) is 3. The van der Waals surface area contributed by atoms with Crippen LogP contribution < -0.4 is 0 Å². The highest BCUT2D eigenvalue weighted by Gasteiger charge is 2.47. The molecule has 2 heterocycles. The lowest BCUT2D eigenvalue weighted by Crippen LogP contribution is -2.30. The molecule has 6 aromatic rings. The van der Waals surface area contributed by atoms with Crippen molar-refractivity contribution in [3.63, 3.8) is 0 Å².